The van der Waals surface area contributed by atoms with Gasteiger partial charge < -0.3 is 0 Å². The fourth-order valence-corrected chi connectivity index (χ4v) is 3.86. The van der Waals surface area contributed by atoms with Crippen LogP contribution >= 0.6 is 23.2 Å². The van der Waals surface area contributed by atoms with Gasteiger partial charge in [-0.25, -0.2) is 12.8 Å². The summed E-state index contributed by atoms with van der Waals surface area (Å²) in [6, 6.07) is 8.22. The van der Waals surface area contributed by atoms with Crippen molar-refractivity contribution in [2.24, 2.45) is 0 Å². The molecule has 0 saturated heterocycles. The van der Waals surface area contributed by atoms with Crippen molar-refractivity contribution in [1.82, 2.24) is 0 Å². The van der Waals surface area contributed by atoms with Crippen LogP contribution in [0.3, 0.4) is 0 Å². The highest BCUT2D eigenvalue weighted by Gasteiger charge is 2.20. The van der Waals surface area contributed by atoms with E-state index in [9.17, 15) is 12.8 Å². The normalized spacial score (nSPS) is 12.3. The Balaban J connectivity index is 2.36. The van der Waals surface area contributed by atoms with Crippen molar-refractivity contribution in [3.63, 3.8) is 0 Å². The first-order chi connectivity index (χ1) is 10.5. The molecule has 0 amide bonds. The summed E-state index contributed by atoms with van der Waals surface area (Å²) >= 11 is 11.6. The molecular weight excluding hydrogens is 360 g/mol. The average Bonchev–Trinajstić information content (AvgIpc) is 2.35. The van der Waals surface area contributed by atoms with Gasteiger partial charge in [0.15, 0.2) is 0 Å². The number of sulfonamides is 1. The fourth-order valence-electron chi connectivity index (χ4n) is 2.08. The molecule has 2 rings (SSSR count). The minimum Gasteiger partial charge on any atom is -0.280 e. The molecule has 0 saturated carbocycles. The van der Waals surface area contributed by atoms with Crippen LogP contribution in [0.4, 0.5) is 10.1 Å². The van der Waals surface area contributed by atoms with Crippen LogP contribution in [0.15, 0.2) is 41.3 Å². The van der Waals surface area contributed by atoms with E-state index in [4.69, 9.17) is 23.2 Å². The lowest BCUT2D eigenvalue weighted by Crippen LogP contribution is -2.16. The summed E-state index contributed by atoms with van der Waals surface area (Å²) in [5.74, 6) is -0.471. The Morgan fingerprint density at radius 1 is 1.00 bits per heavy atom. The molecular formula is C16H16Cl2FNO2S. The third-order valence-electron chi connectivity index (χ3n) is 3.18. The number of hydrogen-bond acceptors (Lipinski definition) is 2. The molecule has 23 heavy (non-hydrogen) atoms. The van der Waals surface area contributed by atoms with Crippen LogP contribution in [-0.2, 0) is 15.4 Å². The van der Waals surface area contributed by atoms with E-state index in [1.54, 1.807) is 6.07 Å². The van der Waals surface area contributed by atoms with Crippen LogP contribution in [0, 0.1) is 5.82 Å². The second-order valence-corrected chi connectivity index (χ2v) is 8.71. The van der Waals surface area contributed by atoms with Gasteiger partial charge in [0.1, 0.15) is 5.82 Å². The summed E-state index contributed by atoms with van der Waals surface area (Å²) in [6.07, 6.45) is 0. The third kappa shape index (κ3) is 4.37. The topological polar surface area (TPSA) is 46.2 Å². The monoisotopic (exact) mass is 375 g/mol. The molecule has 0 aromatic heterocycles. The minimum absolute atomic E-state index is 0.0877. The van der Waals surface area contributed by atoms with Gasteiger partial charge in [-0.05, 0) is 41.3 Å². The number of anilines is 1. The van der Waals surface area contributed by atoms with Crippen LogP contribution in [0.5, 0.6) is 0 Å². The van der Waals surface area contributed by atoms with Gasteiger partial charge in [0.05, 0.1) is 10.6 Å². The maximum Gasteiger partial charge on any atom is 0.261 e. The lowest BCUT2D eigenvalue weighted by atomic mass is 9.86. The molecule has 124 valence electrons. The van der Waals surface area contributed by atoms with Gasteiger partial charge in [-0.15, -0.1) is 0 Å². The minimum atomic E-state index is -3.91. The molecule has 7 heteroatoms. The molecule has 0 bridgehead atoms. The van der Waals surface area contributed by atoms with E-state index in [-0.39, 0.29) is 26.0 Å². The summed E-state index contributed by atoms with van der Waals surface area (Å²) < 4.78 is 41.2. The zero-order chi connectivity index (χ0) is 17.4. The summed E-state index contributed by atoms with van der Waals surface area (Å²) in [6.45, 7) is 5.63. The molecule has 0 atom stereocenters. The Morgan fingerprint density at radius 3 is 2.04 bits per heavy atom. The van der Waals surface area contributed by atoms with Crippen LogP contribution < -0.4 is 4.72 Å². The highest BCUT2D eigenvalue weighted by molar-refractivity contribution is 7.92. The highest BCUT2D eigenvalue weighted by atomic mass is 35.5. The second-order valence-electron chi connectivity index (χ2n) is 6.16. The Morgan fingerprint density at radius 2 is 1.57 bits per heavy atom. The molecule has 0 unspecified atom stereocenters. The van der Waals surface area contributed by atoms with Gasteiger partial charge in [-0.1, -0.05) is 50.0 Å². The van der Waals surface area contributed by atoms with E-state index in [1.165, 1.54) is 24.3 Å². The smallest absolute Gasteiger partial charge is 0.261 e. The predicted octanol–water partition coefficient (Wildman–Crippen LogP) is 5.23. The zero-order valence-corrected chi connectivity index (χ0v) is 15.2. The molecule has 2 aromatic carbocycles. The molecule has 0 spiro atoms. The lowest BCUT2D eigenvalue weighted by molar-refractivity contribution is 0.523. The number of nitrogens with one attached hydrogen (secondary N) is 1. The van der Waals surface area contributed by atoms with Crippen molar-refractivity contribution in [1.29, 1.82) is 0 Å². The van der Waals surface area contributed by atoms with Crippen molar-refractivity contribution in [2.75, 3.05) is 4.72 Å². The molecule has 1 N–H and O–H groups in total. The first-order valence-corrected chi connectivity index (χ1v) is 9.02. The van der Waals surface area contributed by atoms with Crippen molar-refractivity contribution in [3.8, 4) is 0 Å². The average molecular weight is 376 g/mol. The van der Waals surface area contributed by atoms with Crippen molar-refractivity contribution in [2.45, 2.75) is 31.1 Å². The summed E-state index contributed by atoms with van der Waals surface area (Å²) in [5, 5.41) is 0.402. The first kappa shape index (κ1) is 18.0. The Kier molecular flexibility index (Phi) is 4.95. The summed E-state index contributed by atoms with van der Waals surface area (Å²) in [4.78, 5) is -0.0877. The lowest BCUT2D eigenvalue weighted by Gasteiger charge is -2.20. The summed E-state index contributed by atoms with van der Waals surface area (Å²) in [7, 11) is -3.91. The predicted molar refractivity (Wildman–Crippen MR) is 92.4 cm³/mol. The van der Waals surface area contributed by atoms with E-state index in [2.05, 4.69) is 4.72 Å². The largest absolute Gasteiger partial charge is 0.280 e. The van der Waals surface area contributed by atoms with Crippen molar-refractivity contribution < 1.29 is 12.8 Å². The molecule has 0 heterocycles. The maximum absolute atomic E-state index is 14.2. The molecule has 0 aliphatic heterocycles. The number of hydrogen-bond donors (Lipinski definition) is 1. The van der Waals surface area contributed by atoms with E-state index in [1.807, 2.05) is 20.8 Å². The fraction of sp³-hybridized carbons (Fsp3) is 0.250. The van der Waals surface area contributed by atoms with Gasteiger partial charge in [-0.3, -0.25) is 4.72 Å². The SMILES string of the molecule is CC(C)(C)c1ccc(NS(=O)(=O)c2cc(Cl)cc(Cl)c2)cc1F. The highest BCUT2D eigenvalue weighted by Crippen LogP contribution is 2.28. The molecule has 2 aromatic rings. The van der Waals surface area contributed by atoms with Gasteiger partial charge in [0.25, 0.3) is 10.0 Å². The Hall–Kier alpha value is -1.30. The Bertz CT molecular complexity index is 825. The van der Waals surface area contributed by atoms with Crippen LogP contribution in [-0.4, -0.2) is 8.42 Å². The maximum atomic E-state index is 14.2. The van der Waals surface area contributed by atoms with Crippen LogP contribution in [0.2, 0.25) is 10.0 Å². The zero-order valence-electron chi connectivity index (χ0n) is 12.8. The van der Waals surface area contributed by atoms with Crippen LogP contribution in [0.1, 0.15) is 26.3 Å². The van der Waals surface area contributed by atoms with E-state index in [0.717, 1.165) is 6.07 Å². The number of rotatable bonds is 3. The molecule has 3 nitrogen and oxygen atoms in total. The summed E-state index contributed by atoms with van der Waals surface area (Å²) in [5.41, 5.74) is 0.264. The molecule has 0 aliphatic rings. The molecule has 0 fully saturated rings. The second kappa shape index (κ2) is 6.30. The molecule has 0 radical (unpaired) electrons. The standard InChI is InChI=1S/C16H16Cl2FNO2S/c1-16(2,3)14-5-4-12(9-15(14)19)20-23(21,22)13-7-10(17)6-11(18)8-13/h4-9,20H,1-3H3. The van der Waals surface area contributed by atoms with E-state index in [0.29, 0.717) is 5.56 Å². The van der Waals surface area contributed by atoms with E-state index < -0.39 is 15.8 Å². The number of halogens is 3. The quantitative estimate of drug-likeness (QED) is 0.797. The first-order valence-electron chi connectivity index (χ1n) is 6.78. The van der Waals surface area contributed by atoms with Gasteiger partial charge in [0, 0.05) is 10.0 Å². The van der Waals surface area contributed by atoms with E-state index >= 15 is 0 Å². The van der Waals surface area contributed by atoms with Crippen molar-refractivity contribution in [3.05, 3.63) is 57.8 Å². The van der Waals surface area contributed by atoms with Gasteiger partial charge in [-0.2, -0.15) is 0 Å². The van der Waals surface area contributed by atoms with Crippen LogP contribution in [0.25, 0.3) is 0 Å². The van der Waals surface area contributed by atoms with Gasteiger partial charge in [0.2, 0.25) is 0 Å². The molecule has 0 aliphatic carbocycles. The third-order valence-corrected chi connectivity index (χ3v) is 4.97. The van der Waals surface area contributed by atoms with Crippen molar-refractivity contribution >= 4 is 38.9 Å². The van der Waals surface area contributed by atoms with Gasteiger partial charge >= 0.3 is 0 Å². The number of benzene rings is 2. The Labute approximate surface area is 145 Å².